The molecule has 5 nitrogen and oxygen atoms in total. The summed E-state index contributed by atoms with van der Waals surface area (Å²) in [7, 11) is 1.50. The molecule has 1 heterocycles. The fourth-order valence-corrected chi connectivity index (χ4v) is 2.94. The van der Waals surface area contributed by atoms with E-state index in [1.807, 2.05) is 0 Å². The minimum Gasteiger partial charge on any atom is -0.493 e. The first-order chi connectivity index (χ1) is 12.0. The number of methoxy groups -OCH3 is 1. The van der Waals surface area contributed by atoms with E-state index in [1.165, 1.54) is 19.2 Å². The maximum Gasteiger partial charge on any atom is 0.290 e. The normalized spacial score (nSPS) is 15.4. The van der Waals surface area contributed by atoms with Gasteiger partial charge in [0.05, 0.1) is 12.0 Å². The van der Waals surface area contributed by atoms with Crippen LogP contribution in [-0.2, 0) is 11.4 Å². The summed E-state index contributed by atoms with van der Waals surface area (Å²) in [5.74, 6) is 0.228. The van der Waals surface area contributed by atoms with Crippen LogP contribution in [0.2, 0.25) is 0 Å². The second kappa shape index (κ2) is 7.40. The lowest BCUT2D eigenvalue weighted by molar-refractivity contribution is -0.115. The van der Waals surface area contributed by atoms with Crippen LogP contribution < -0.4 is 14.8 Å². The Kier molecular flexibility index (Phi) is 5.04. The van der Waals surface area contributed by atoms with Crippen LogP contribution >= 0.6 is 11.8 Å². The molecule has 25 heavy (non-hydrogen) atoms. The molecule has 0 saturated carbocycles. The molecular weight excluding hydrogens is 345 g/mol. The number of rotatable bonds is 5. The van der Waals surface area contributed by atoms with E-state index in [0.717, 1.165) is 11.8 Å². The molecule has 1 aliphatic rings. The lowest BCUT2D eigenvalue weighted by atomic mass is 10.2. The fourth-order valence-electron chi connectivity index (χ4n) is 2.25. The first-order valence-electron chi connectivity index (χ1n) is 7.35. The monoisotopic (exact) mass is 359 g/mol. The van der Waals surface area contributed by atoms with E-state index >= 15 is 0 Å². The number of imide groups is 1. The third-order valence-corrected chi connectivity index (χ3v) is 4.22. The third kappa shape index (κ3) is 4.19. The number of benzene rings is 2. The minimum absolute atomic E-state index is 0.196. The molecule has 1 fully saturated rings. The Hall–Kier alpha value is -2.80. The van der Waals surface area contributed by atoms with Crippen LogP contribution in [0.15, 0.2) is 47.4 Å². The van der Waals surface area contributed by atoms with Crippen molar-refractivity contribution in [2.24, 2.45) is 0 Å². The van der Waals surface area contributed by atoms with Gasteiger partial charge in [-0.15, -0.1) is 0 Å². The zero-order chi connectivity index (χ0) is 17.8. The molecule has 7 heteroatoms. The highest BCUT2D eigenvalue weighted by atomic mass is 32.2. The van der Waals surface area contributed by atoms with Crippen LogP contribution in [0.4, 0.5) is 9.18 Å². The molecule has 1 N–H and O–H groups in total. The highest BCUT2D eigenvalue weighted by Gasteiger charge is 2.25. The van der Waals surface area contributed by atoms with E-state index in [4.69, 9.17) is 9.47 Å². The smallest absolute Gasteiger partial charge is 0.290 e. The standard InChI is InChI=1S/C18H14FNO4S/c1-23-15-8-11(9-16-17(21)20-18(22)25-16)5-6-14(15)24-10-12-3-2-4-13(19)7-12/h2-9H,10H2,1H3,(H,20,21,22)/b16-9-. The van der Waals surface area contributed by atoms with Gasteiger partial charge >= 0.3 is 0 Å². The summed E-state index contributed by atoms with van der Waals surface area (Å²) in [6.07, 6.45) is 1.60. The number of hydrogen-bond acceptors (Lipinski definition) is 5. The van der Waals surface area contributed by atoms with Crippen molar-refractivity contribution in [1.29, 1.82) is 0 Å². The second-order valence-electron chi connectivity index (χ2n) is 5.18. The Labute approximate surface area is 147 Å². The van der Waals surface area contributed by atoms with Crippen molar-refractivity contribution in [2.45, 2.75) is 6.61 Å². The third-order valence-electron chi connectivity index (χ3n) is 3.41. The number of thioether (sulfide) groups is 1. The number of carbonyl (C=O) groups excluding carboxylic acids is 2. The zero-order valence-corrected chi connectivity index (χ0v) is 14.1. The first kappa shape index (κ1) is 17.0. The van der Waals surface area contributed by atoms with Crippen LogP contribution in [0, 0.1) is 5.82 Å². The largest absolute Gasteiger partial charge is 0.493 e. The van der Waals surface area contributed by atoms with Gasteiger partial charge in [-0.25, -0.2) is 4.39 Å². The summed E-state index contributed by atoms with van der Waals surface area (Å²) >= 11 is 0.849. The van der Waals surface area contributed by atoms with Crippen LogP contribution in [0.1, 0.15) is 11.1 Å². The zero-order valence-electron chi connectivity index (χ0n) is 13.2. The number of halogens is 1. The summed E-state index contributed by atoms with van der Waals surface area (Å²) in [5.41, 5.74) is 1.40. The second-order valence-corrected chi connectivity index (χ2v) is 6.20. The Balaban J connectivity index is 1.77. The number of ether oxygens (including phenoxy) is 2. The summed E-state index contributed by atoms with van der Waals surface area (Å²) in [4.78, 5) is 23.1. The molecule has 128 valence electrons. The van der Waals surface area contributed by atoms with Gasteiger partial charge in [-0.1, -0.05) is 18.2 Å². The van der Waals surface area contributed by atoms with E-state index in [1.54, 1.807) is 36.4 Å². The molecule has 2 aromatic rings. The van der Waals surface area contributed by atoms with E-state index in [2.05, 4.69) is 5.32 Å². The Morgan fingerprint density at radius 2 is 2.00 bits per heavy atom. The average Bonchev–Trinajstić information content (AvgIpc) is 2.91. The van der Waals surface area contributed by atoms with Crippen LogP contribution in [0.25, 0.3) is 6.08 Å². The van der Waals surface area contributed by atoms with Crippen LogP contribution in [0.5, 0.6) is 11.5 Å². The average molecular weight is 359 g/mol. The summed E-state index contributed by atoms with van der Waals surface area (Å²) < 4.78 is 24.2. The first-order valence-corrected chi connectivity index (χ1v) is 8.17. The Morgan fingerprint density at radius 1 is 1.16 bits per heavy atom. The number of hydrogen-bond donors (Lipinski definition) is 1. The Morgan fingerprint density at radius 3 is 2.68 bits per heavy atom. The highest BCUT2D eigenvalue weighted by Crippen LogP contribution is 2.32. The number of carbonyl (C=O) groups is 2. The molecule has 1 saturated heterocycles. The predicted octanol–water partition coefficient (Wildman–Crippen LogP) is 3.74. The fraction of sp³-hybridized carbons (Fsp3) is 0.111. The molecule has 2 aromatic carbocycles. The summed E-state index contributed by atoms with van der Waals surface area (Å²) in [6, 6.07) is 11.3. The van der Waals surface area contributed by atoms with Crippen molar-refractivity contribution in [3.8, 4) is 11.5 Å². The number of amides is 2. The molecule has 2 amide bonds. The van der Waals surface area contributed by atoms with Gasteiger partial charge < -0.3 is 9.47 Å². The molecule has 1 aliphatic heterocycles. The quantitative estimate of drug-likeness (QED) is 0.824. The van der Waals surface area contributed by atoms with Crippen molar-refractivity contribution in [3.05, 3.63) is 64.3 Å². The van der Waals surface area contributed by atoms with Gasteiger partial charge in [0.25, 0.3) is 11.1 Å². The van der Waals surface area contributed by atoms with Crippen molar-refractivity contribution in [2.75, 3.05) is 7.11 Å². The molecule has 3 rings (SSSR count). The summed E-state index contributed by atoms with van der Waals surface area (Å²) in [6.45, 7) is 0.196. The van der Waals surface area contributed by atoms with Gasteiger partial charge in [-0.3, -0.25) is 14.9 Å². The van der Waals surface area contributed by atoms with Crippen LogP contribution in [-0.4, -0.2) is 18.3 Å². The van der Waals surface area contributed by atoms with Gasteiger partial charge in [0, 0.05) is 0 Å². The van der Waals surface area contributed by atoms with Gasteiger partial charge in [0.2, 0.25) is 0 Å². The van der Waals surface area contributed by atoms with Gasteiger partial charge in [-0.05, 0) is 53.2 Å². The van der Waals surface area contributed by atoms with Crippen molar-refractivity contribution >= 4 is 29.0 Å². The summed E-state index contributed by atoms with van der Waals surface area (Å²) in [5, 5.41) is 1.81. The van der Waals surface area contributed by atoms with Crippen molar-refractivity contribution < 1.29 is 23.5 Å². The molecule has 0 radical (unpaired) electrons. The molecule has 0 bridgehead atoms. The van der Waals surface area contributed by atoms with E-state index in [9.17, 15) is 14.0 Å². The highest BCUT2D eigenvalue weighted by molar-refractivity contribution is 8.18. The van der Waals surface area contributed by atoms with Gasteiger partial charge in [0.1, 0.15) is 12.4 Å². The molecule has 0 atom stereocenters. The lowest BCUT2D eigenvalue weighted by Gasteiger charge is -2.11. The molecule has 0 aromatic heterocycles. The molecule has 0 unspecified atom stereocenters. The SMILES string of the molecule is COc1cc(/C=C2\SC(=O)NC2=O)ccc1OCc1cccc(F)c1. The minimum atomic E-state index is -0.416. The Bertz CT molecular complexity index is 866. The van der Waals surface area contributed by atoms with Crippen molar-refractivity contribution in [3.63, 3.8) is 0 Å². The van der Waals surface area contributed by atoms with E-state index in [-0.39, 0.29) is 12.4 Å². The predicted molar refractivity (Wildman–Crippen MR) is 92.8 cm³/mol. The maximum absolute atomic E-state index is 13.2. The molecule has 0 aliphatic carbocycles. The van der Waals surface area contributed by atoms with Gasteiger partial charge in [-0.2, -0.15) is 0 Å². The maximum atomic E-state index is 13.2. The topological polar surface area (TPSA) is 64.6 Å². The molecule has 0 spiro atoms. The lowest BCUT2D eigenvalue weighted by Crippen LogP contribution is -2.17. The van der Waals surface area contributed by atoms with E-state index in [0.29, 0.717) is 27.5 Å². The van der Waals surface area contributed by atoms with Crippen molar-refractivity contribution in [1.82, 2.24) is 5.32 Å². The number of nitrogens with one attached hydrogen (secondary N) is 1. The molecular formula is C18H14FNO4S. The van der Waals surface area contributed by atoms with Gasteiger partial charge in [0.15, 0.2) is 11.5 Å². The van der Waals surface area contributed by atoms with E-state index < -0.39 is 11.1 Å². The van der Waals surface area contributed by atoms with Crippen LogP contribution in [0.3, 0.4) is 0 Å².